The predicted octanol–water partition coefficient (Wildman–Crippen LogP) is 1.94. The van der Waals surface area contributed by atoms with Crippen molar-refractivity contribution in [2.24, 2.45) is 0 Å². The van der Waals surface area contributed by atoms with Gasteiger partial charge >= 0.3 is 0 Å². The first-order valence-electron chi connectivity index (χ1n) is 8.56. The lowest BCUT2D eigenvalue weighted by atomic mass is 10.1. The molecular weight excluding hydrogens is 326 g/mol. The van der Waals surface area contributed by atoms with E-state index in [1.54, 1.807) is 0 Å². The van der Waals surface area contributed by atoms with Gasteiger partial charge in [-0.3, -0.25) is 9.69 Å². The highest BCUT2D eigenvalue weighted by Gasteiger charge is 2.20. The number of carbonyl (C=O) groups is 1. The molecule has 5 nitrogen and oxygen atoms in total. The Labute approximate surface area is 151 Å². The quantitative estimate of drug-likeness (QED) is 0.700. The Balaban J connectivity index is 0.00000288. The van der Waals surface area contributed by atoms with Crippen molar-refractivity contribution in [1.29, 1.82) is 0 Å². The Morgan fingerprint density at radius 1 is 1.38 bits per heavy atom. The lowest BCUT2D eigenvalue weighted by Crippen LogP contribution is -2.52. The van der Waals surface area contributed by atoms with E-state index in [0.29, 0.717) is 25.7 Å². The monoisotopic (exact) mass is 355 g/mol. The number of nitrogens with one attached hydrogen (secondary N) is 2. The number of ether oxygens (including phenoxy) is 1. The van der Waals surface area contributed by atoms with Gasteiger partial charge in [0.2, 0.25) is 5.91 Å². The van der Waals surface area contributed by atoms with Crippen LogP contribution in [0.3, 0.4) is 0 Å². The van der Waals surface area contributed by atoms with Crippen molar-refractivity contribution < 1.29 is 9.53 Å². The van der Waals surface area contributed by atoms with Gasteiger partial charge in [0, 0.05) is 38.8 Å². The molecule has 0 spiro atoms. The van der Waals surface area contributed by atoms with Gasteiger partial charge in [-0.1, -0.05) is 31.2 Å². The van der Waals surface area contributed by atoms with E-state index in [2.05, 4.69) is 41.5 Å². The van der Waals surface area contributed by atoms with E-state index in [1.165, 1.54) is 0 Å². The van der Waals surface area contributed by atoms with Crippen LogP contribution in [0.25, 0.3) is 0 Å². The standard InChI is InChI=1S/C18H29N3O2.ClH/c1-3-10-23-14-17-7-5-4-6-16(17)12-20-18(22)13-21-9-8-19-11-15(21)2;/h4-7,15,19H,3,8-14H2,1-2H3,(H,20,22);1H/t15-;/m1./s1. The number of rotatable bonds is 8. The van der Waals surface area contributed by atoms with Gasteiger partial charge in [-0.05, 0) is 24.5 Å². The molecule has 1 amide bonds. The molecule has 24 heavy (non-hydrogen) atoms. The molecule has 2 N–H and O–H groups in total. The number of piperazine rings is 1. The van der Waals surface area contributed by atoms with Crippen LogP contribution in [-0.2, 0) is 22.7 Å². The van der Waals surface area contributed by atoms with Crippen LogP contribution in [0, 0.1) is 0 Å². The molecule has 136 valence electrons. The normalized spacial score (nSPS) is 18.0. The number of hydrogen-bond acceptors (Lipinski definition) is 4. The summed E-state index contributed by atoms with van der Waals surface area (Å²) in [7, 11) is 0. The summed E-state index contributed by atoms with van der Waals surface area (Å²) in [5.74, 6) is 0.0861. The molecule has 2 rings (SSSR count). The maximum atomic E-state index is 12.2. The highest BCUT2D eigenvalue weighted by Crippen LogP contribution is 2.10. The first-order valence-corrected chi connectivity index (χ1v) is 8.56. The SMILES string of the molecule is CCCOCc1ccccc1CNC(=O)CN1CCNC[C@H]1C.Cl. The third-order valence-corrected chi connectivity index (χ3v) is 4.19. The summed E-state index contributed by atoms with van der Waals surface area (Å²) in [5, 5.41) is 6.38. The first-order chi connectivity index (χ1) is 11.2. The van der Waals surface area contributed by atoms with Gasteiger partial charge < -0.3 is 15.4 Å². The van der Waals surface area contributed by atoms with Gasteiger partial charge in [0.05, 0.1) is 13.2 Å². The summed E-state index contributed by atoms with van der Waals surface area (Å²) < 4.78 is 5.62. The van der Waals surface area contributed by atoms with E-state index in [9.17, 15) is 4.79 Å². The summed E-state index contributed by atoms with van der Waals surface area (Å²) >= 11 is 0. The second-order valence-electron chi connectivity index (χ2n) is 6.12. The highest BCUT2D eigenvalue weighted by molar-refractivity contribution is 5.85. The van der Waals surface area contributed by atoms with Crippen LogP contribution in [0.4, 0.5) is 0 Å². The molecule has 1 fully saturated rings. The minimum absolute atomic E-state index is 0. The molecule has 1 aromatic rings. The Morgan fingerprint density at radius 2 is 2.12 bits per heavy atom. The molecule has 1 saturated heterocycles. The van der Waals surface area contributed by atoms with Crippen molar-refractivity contribution >= 4 is 18.3 Å². The Hall–Kier alpha value is -1.14. The Bertz CT molecular complexity index is 499. The van der Waals surface area contributed by atoms with Crippen molar-refractivity contribution in [3.8, 4) is 0 Å². The molecular formula is C18H30ClN3O2. The van der Waals surface area contributed by atoms with E-state index in [1.807, 2.05) is 12.1 Å². The molecule has 0 bridgehead atoms. The van der Waals surface area contributed by atoms with E-state index >= 15 is 0 Å². The van der Waals surface area contributed by atoms with Gasteiger partial charge in [0.25, 0.3) is 0 Å². The molecule has 1 aliphatic rings. The number of halogens is 1. The molecule has 0 radical (unpaired) electrons. The van der Waals surface area contributed by atoms with Gasteiger partial charge in [-0.2, -0.15) is 0 Å². The van der Waals surface area contributed by atoms with Crippen LogP contribution >= 0.6 is 12.4 Å². The fourth-order valence-electron chi connectivity index (χ4n) is 2.75. The fraction of sp³-hybridized carbons (Fsp3) is 0.611. The average Bonchev–Trinajstić information content (AvgIpc) is 2.56. The molecule has 1 atom stereocenters. The largest absolute Gasteiger partial charge is 0.377 e. The van der Waals surface area contributed by atoms with Crippen molar-refractivity contribution in [2.75, 3.05) is 32.8 Å². The summed E-state index contributed by atoms with van der Waals surface area (Å²) in [6.07, 6.45) is 1.02. The third kappa shape index (κ3) is 6.77. The first kappa shape index (κ1) is 20.9. The maximum Gasteiger partial charge on any atom is 0.234 e. The number of benzene rings is 1. The molecule has 0 unspecified atom stereocenters. The van der Waals surface area contributed by atoms with Gasteiger partial charge in [0.1, 0.15) is 0 Å². The van der Waals surface area contributed by atoms with Crippen molar-refractivity contribution in [2.45, 2.75) is 39.5 Å². The van der Waals surface area contributed by atoms with Crippen molar-refractivity contribution in [3.63, 3.8) is 0 Å². The zero-order valence-electron chi connectivity index (χ0n) is 14.7. The third-order valence-electron chi connectivity index (χ3n) is 4.19. The molecule has 0 aromatic heterocycles. The molecule has 1 heterocycles. The van der Waals surface area contributed by atoms with Crippen LogP contribution in [0.15, 0.2) is 24.3 Å². The molecule has 1 aliphatic heterocycles. The van der Waals surface area contributed by atoms with Gasteiger partial charge in [-0.25, -0.2) is 0 Å². The lowest BCUT2D eigenvalue weighted by Gasteiger charge is -2.33. The van der Waals surface area contributed by atoms with Crippen LogP contribution in [0.2, 0.25) is 0 Å². The zero-order chi connectivity index (χ0) is 16.5. The number of hydrogen-bond donors (Lipinski definition) is 2. The lowest BCUT2D eigenvalue weighted by molar-refractivity contribution is -0.123. The molecule has 0 saturated carbocycles. The van der Waals surface area contributed by atoms with E-state index < -0.39 is 0 Å². The van der Waals surface area contributed by atoms with Gasteiger partial charge in [0.15, 0.2) is 0 Å². The molecule has 1 aromatic carbocycles. The maximum absolute atomic E-state index is 12.2. The Kier molecular flexibility index (Phi) is 9.95. The van der Waals surface area contributed by atoms with E-state index in [-0.39, 0.29) is 18.3 Å². The molecule has 6 heteroatoms. The predicted molar refractivity (Wildman–Crippen MR) is 99.4 cm³/mol. The van der Waals surface area contributed by atoms with Crippen molar-refractivity contribution in [3.05, 3.63) is 35.4 Å². The smallest absolute Gasteiger partial charge is 0.234 e. The Morgan fingerprint density at radius 3 is 2.83 bits per heavy atom. The molecule has 0 aliphatic carbocycles. The van der Waals surface area contributed by atoms with Crippen LogP contribution in [0.5, 0.6) is 0 Å². The summed E-state index contributed by atoms with van der Waals surface area (Å²) in [5.41, 5.74) is 2.28. The van der Waals surface area contributed by atoms with Gasteiger partial charge in [-0.15, -0.1) is 12.4 Å². The number of carbonyl (C=O) groups excluding carboxylic acids is 1. The topological polar surface area (TPSA) is 53.6 Å². The van der Waals surface area contributed by atoms with Crippen molar-refractivity contribution in [1.82, 2.24) is 15.5 Å². The minimum Gasteiger partial charge on any atom is -0.377 e. The van der Waals surface area contributed by atoms with E-state index in [4.69, 9.17) is 4.74 Å². The van der Waals surface area contributed by atoms with Crippen LogP contribution < -0.4 is 10.6 Å². The summed E-state index contributed by atoms with van der Waals surface area (Å²) in [4.78, 5) is 14.4. The highest BCUT2D eigenvalue weighted by atomic mass is 35.5. The second-order valence-corrected chi connectivity index (χ2v) is 6.12. The summed E-state index contributed by atoms with van der Waals surface area (Å²) in [6, 6.07) is 8.54. The second kappa shape index (κ2) is 11.4. The summed E-state index contributed by atoms with van der Waals surface area (Å²) in [6.45, 7) is 9.48. The van der Waals surface area contributed by atoms with Crippen LogP contribution in [0.1, 0.15) is 31.4 Å². The minimum atomic E-state index is 0. The number of amides is 1. The average molecular weight is 356 g/mol. The zero-order valence-corrected chi connectivity index (χ0v) is 15.5. The fourth-order valence-corrected chi connectivity index (χ4v) is 2.75. The van der Waals surface area contributed by atoms with E-state index in [0.717, 1.165) is 43.8 Å². The van der Waals surface area contributed by atoms with Crippen LogP contribution in [-0.4, -0.2) is 49.6 Å². The number of nitrogens with zero attached hydrogens (tertiary/aromatic N) is 1.